The molecule has 0 aliphatic heterocycles. The molecule has 0 saturated carbocycles. The Balaban J connectivity index is 2.79. The number of aliphatic hydroxyl groups excluding tert-OH is 1. The number of alkyl carbamates (subject to hydrolysis) is 1. The van der Waals surface area contributed by atoms with Crippen LogP contribution in [0.25, 0.3) is 0 Å². The van der Waals surface area contributed by atoms with Crippen molar-refractivity contribution in [3.05, 3.63) is 35.4 Å². The zero-order chi connectivity index (χ0) is 18.3. The highest BCUT2D eigenvalue weighted by Crippen LogP contribution is 2.15. The van der Waals surface area contributed by atoms with Crippen molar-refractivity contribution in [3.8, 4) is 0 Å². The molecule has 0 saturated heterocycles. The van der Waals surface area contributed by atoms with Gasteiger partial charge in [0.1, 0.15) is 5.60 Å². The minimum Gasteiger partial charge on any atom is -0.481 e. The Hall–Kier alpha value is -2.08. The molecule has 6 heteroatoms. The fraction of sp³-hybridized carbons (Fsp3) is 0.556. The van der Waals surface area contributed by atoms with Gasteiger partial charge >= 0.3 is 12.1 Å². The third-order valence-corrected chi connectivity index (χ3v) is 3.47. The molecule has 1 rings (SSSR count). The van der Waals surface area contributed by atoms with E-state index in [4.69, 9.17) is 14.9 Å². The Kier molecular flexibility index (Phi) is 7.22. The molecule has 6 nitrogen and oxygen atoms in total. The average Bonchev–Trinajstić information content (AvgIpc) is 2.45. The monoisotopic (exact) mass is 337 g/mol. The van der Waals surface area contributed by atoms with E-state index in [1.807, 2.05) is 12.1 Å². The molecule has 0 heterocycles. The van der Waals surface area contributed by atoms with Gasteiger partial charge in [0.05, 0.1) is 12.5 Å². The van der Waals surface area contributed by atoms with Gasteiger partial charge in [0.25, 0.3) is 0 Å². The molecule has 0 aromatic heterocycles. The molecule has 0 fully saturated rings. The van der Waals surface area contributed by atoms with Crippen molar-refractivity contribution in [3.63, 3.8) is 0 Å². The summed E-state index contributed by atoms with van der Waals surface area (Å²) in [6, 6.07) is 6.98. The van der Waals surface area contributed by atoms with Gasteiger partial charge < -0.3 is 20.3 Å². The number of hydrogen-bond acceptors (Lipinski definition) is 4. The number of ether oxygens (including phenoxy) is 1. The van der Waals surface area contributed by atoms with Crippen LogP contribution < -0.4 is 5.32 Å². The number of carboxylic acid groups (broad SMARTS) is 1. The van der Waals surface area contributed by atoms with Crippen molar-refractivity contribution < 1.29 is 24.5 Å². The fourth-order valence-corrected chi connectivity index (χ4v) is 2.26. The van der Waals surface area contributed by atoms with Crippen LogP contribution in [0.15, 0.2) is 24.3 Å². The lowest BCUT2D eigenvalue weighted by Gasteiger charge is -2.24. The summed E-state index contributed by atoms with van der Waals surface area (Å²) in [5.41, 5.74) is 1.13. The molecule has 0 unspecified atom stereocenters. The third-order valence-electron chi connectivity index (χ3n) is 3.47. The Morgan fingerprint density at radius 1 is 1.17 bits per heavy atom. The van der Waals surface area contributed by atoms with Gasteiger partial charge in [0, 0.05) is 6.04 Å². The summed E-state index contributed by atoms with van der Waals surface area (Å²) in [6.07, 6.45) is 0.232. The first-order valence-corrected chi connectivity index (χ1v) is 8.01. The van der Waals surface area contributed by atoms with Crippen LogP contribution >= 0.6 is 0 Å². The SMILES string of the molecule is C[C@@H](C[C@H](Cc1ccc(CO)cc1)NC(=O)OC(C)(C)C)C(=O)O. The predicted octanol–water partition coefficient (Wildman–Crippen LogP) is 2.73. The quantitative estimate of drug-likeness (QED) is 0.711. The molecule has 0 spiro atoms. The van der Waals surface area contributed by atoms with Crippen LogP contribution in [0.2, 0.25) is 0 Å². The van der Waals surface area contributed by atoms with E-state index < -0.39 is 23.6 Å². The number of benzene rings is 1. The van der Waals surface area contributed by atoms with Crippen LogP contribution in [0.4, 0.5) is 4.79 Å². The van der Waals surface area contributed by atoms with Gasteiger partial charge in [-0.15, -0.1) is 0 Å². The number of hydrogen-bond donors (Lipinski definition) is 3. The van der Waals surface area contributed by atoms with Crippen LogP contribution in [-0.2, 0) is 22.6 Å². The van der Waals surface area contributed by atoms with Crippen molar-refractivity contribution in [2.75, 3.05) is 0 Å². The van der Waals surface area contributed by atoms with Crippen molar-refractivity contribution in [1.82, 2.24) is 5.32 Å². The molecule has 1 aromatic rings. The molecule has 1 amide bonds. The molecule has 0 aliphatic carbocycles. The number of rotatable bonds is 7. The molecule has 134 valence electrons. The number of carbonyl (C=O) groups is 2. The highest BCUT2D eigenvalue weighted by atomic mass is 16.6. The lowest BCUT2D eigenvalue weighted by molar-refractivity contribution is -0.141. The summed E-state index contributed by atoms with van der Waals surface area (Å²) in [5.74, 6) is -1.48. The Morgan fingerprint density at radius 3 is 2.17 bits per heavy atom. The second kappa shape index (κ2) is 8.68. The molecule has 24 heavy (non-hydrogen) atoms. The van der Waals surface area contributed by atoms with Crippen LogP contribution in [0.5, 0.6) is 0 Å². The van der Waals surface area contributed by atoms with E-state index in [2.05, 4.69) is 5.32 Å². The first kappa shape index (κ1) is 20.0. The van der Waals surface area contributed by atoms with Gasteiger partial charge in [-0.05, 0) is 44.7 Å². The molecule has 3 N–H and O–H groups in total. The predicted molar refractivity (Wildman–Crippen MR) is 90.6 cm³/mol. The fourth-order valence-electron chi connectivity index (χ4n) is 2.26. The average molecular weight is 337 g/mol. The summed E-state index contributed by atoms with van der Waals surface area (Å²) in [5, 5.41) is 21.0. The van der Waals surface area contributed by atoms with E-state index in [1.54, 1.807) is 39.8 Å². The number of aliphatic carboxylic acids is 1. The minimum absolute atomic E-state index is 0.0318. The van der Waals surface area contributed by atoms with Crippen molar-refractivity contribution in [2.24, 2.45) is 5.92 Å². The largest absolute Gasteiger partial charge is 0.481 e. The summed E-state index contributed by atoms with van der Waals surface area (Å²) in [6.45, 7) is 6.90. The summed E-state index contributed by atoms with van der Waals surface area (Å²) in [4.78, 5) is 23.1. The standard InChI is InChI=1S/C18H27NO5/c1-12(16(21)22)9-15(19-17(23)24-18(2,3)4)10-13-5-7-14(11-20)8-6-13/h5-8,12,15,20H,9-11H2,1-4H3,(H,19,23)(H,21,22)/t12-,15+/m0/s1. The summed E-state index contributed by atoms with van der Waals surface area (Å²) in [7, 11) is 0. The number of carboxylic acids is 1. The lowest BCUT2D eigenvalue weighted by Crippen LogP contribution is -2.41. The Labute approximate surface area is 142 Å². The van der Waals surface area contributed by atoms with Crippen LogP contribution in [-0.4, -0.2) is 33.9 Å². The maximum absolute atomic E-state index is 12.0. The highest BCUT2D eigenvalue weighted by molar-refractivity contribution is 5.70. The first-order chi connectivity index (χ1) is 11.1. The van der Waals surface area contributed by atoms with Gasteiger partial charge in [0.15, 0.2) is 0 Å². The van der Waals surface area contributed by atoms with Crippen molar-refractivity contribution >= 4 is 12.1 Å². The van der Waals surface area contributed by atoms with E-state index in [9.17, 15) is 9.59 Å². The normalized spacial score (nSPS) is 13.9. The summed E-state index contributed by atoms with van der Waals surface area (Å²) < 4.78 is 5.25. The number of amides is 1. The van der Waals surface area contributed by atoms with Gasteiger partial charge in [-0.3, -0.25) is 4.79 Å². The van der Waals surface area contributed by atoms with Crippen molar-refractivity contribution in [1.29, 1.82) is 0 Å². The second-order valence-corrected chi connectivity index (χ2v) is 7.00. The number of nitrogens with one attached hydrogen (secondary N) is 1. The Bertz CT molecular complexity index is 548. The molecule has 0 bridgehead atoms. The second-order valence-electron chi connectivity index (χ2n) is 7.00. The van der Waals surface area contributed by atoms with Gasteiger partial charge in [-0.1, -0.05) is 31.2 Å². The molecular formula is C18H27NO5. The molecular weight excluding hydrogens is 310 g/mol. The molecule has 1 aromatic carbocycles. The highest BCUT2D eigenvalue weighted by Gasteiger charge is 2.23. The third kappa shape index (κ3) is 7.46. The lowest BCUT2D eigenvalue weighted by atomic mass is 9.96. The van der Waals surface area contributed by atoms with Crippen LogP contribution in [0.3, 0.4) is 0 Å². The van der Waals surface area contributed by atoms with Gasteiger partial charge in [-0.2, -0.15) is 0 Å². The smallest absolute Gasteiger partial charge is 0.407 e. The minimum atomic E-state index is -0.901. The number of aliphatic hydroxyl groups is 1. The zero-order valence-electron chi connectivity index (χ0n) is 14.7. The molecule has 0 aliphatic rings. The molecule has 2 atom stereocenters. The maximum Gasteiger partial charge on any atom is 0.407 e. The Morgan fingerprint density at radius 2 is 1.71 bits per heavy atom. The van der Waals surface area contributed by atoms with E-state index >= 15 is 0 Å². The van der Waals surface area contributed by atoms with E-state index in [1.165, 1.54) is 0 Å². The van der Waals surface area contributed by atoms with Crippen molar-refractivity contribution in [2.45, 2.75) is 58.8 Å². The van der Waals surface area contributed by atoms with Crippen LogP contribution in [0, 0.1) is 5.92 Å². The topological polar surface area (TPSA) is 95.9 Å². The van der Waals surface area contributed by atoms with Gasteiger partial charge in [-0.25, -0.2) is 4.79 Å². The molecule has 0 radical (unpaired) electrons. The maximum atomic E-state index is 12.0. The number of carbonyl (C=O) groups excluding carboxylic acids is 1. The first-order valence-electron chi connectivity index (χ1n) is 8.01. The van der Waals surface area contributed by atoms with Gasteiger partial charge in [0.2, 0.25) is 0 Å². The van der Waals surface area contributed by atoms with Crippen LogP contribution in [0.1, 0.15) is 45.2 Å². The van der Waals surface area contributed by atoms with E-state index in [0.29, 0.717) is 12.8 Å². The zero-order valence-corrected chi connectivity index (χ0v) is 14.7. The van der Waals surface area contributed by atoms with E-state index in [-0.39, 0.29) is 12.6 Å². The van der Waals surface area contributed by atoms with E-state index in [0.717, 1.165) is 11.1 Å². The summed E-state index contributed by atoms with van der Waals surface area (Å²) >= 11 is 0.